The normalized spacial score (nSPS) is 14.2. The van der Waals surface area contributed by atoms with Crippen molar-refractivity contribution in [2.75, 3.05) is 58.4 Å². The summed E-state index contributed by atoms with van der Waals surface area (Å²) >= 11 is 3.87. The Morgan fingerprint density at radius 1 is 1.12 bits per heavy atom. The zero-order chi connectivity index (χ0) is 21.8. The van der Waals surface area contributed by atoms with Crippen molar-refractivity contribution >= 4 is 67.6 Å². The van der Waals surface area contributed by atoms with Crippen LogP contribution in [0.15, 0.2) is 36.4 Å². The molecule has 3 aromatic rings. The van der Waals surface area contributed by atoms with Gasteiger partial charge in [0.2, 0.25) is 0 Å². The third-order valence-corrected chi connectivity index (χ3v) is 7.39. The SMILES string of the molecule is COc1ccc2sc(N3CCN(CCNC(=O)c4ccccc4I)CC3)nc2c1OC.Cl. The minimum atomic E-state index is -0.0116. The van der Waals surface area contributed by atoms with E-state index in [-0.39, 0.29) is 18.3 Å². The van der Waals surface area contributed by atoms with Crippen molar-refractivity contribution in [3.8, 4) is 11.5 Å². The molecule has 4 rings (SSSR count). The van der Waals surface area contributed by atoms with Gasteiger partial charge in [-0.05, 0) is 46.9 Å². The van der Waals surface area contributed by atoms with Crippen molar-refractivity contribution in [2.24, 2.45) is 0 Å². The van der Waals surface area contributed by atoms with E-state index < -0.39 is 0 Å². The second kappa shape index (κ2) is 11.4. The van der Waals surface area contributed by atoms with E-state index in [0.29, 0.717) is 18.0 Å². The number of halogens is 2. The first-order chi connectivity index (χ1) is 15.1. The summed E-state index contributed by atoms with van der Waals surface area (Å²) in [5.74, 6) is 1.37. The first kappa shape index (κ1) is 24.8. The molecule has 1 saturated heterocycles. The molecular formula is C22H26ClIN4O3S. The Morgan fingerprint density at radius 2 is 1.88 bits per heavy atom. The van der Waals surface area contributed by atoms with Gasteiger partial charge >= 0.3 is 0 Å². The highest BCUT2D eigenvalue weighted by Crippen LogP contribution is 2.40. The quantitative estimate of drug-likeness (QED) is 0.423. The van der Waals surface area contributed by atoms with E-state index in [2.05, 4.69) is 37.7 Å². The van der Waals surface area contributed by atoms with Crippen LogP contribution in [-0.2, 0) is 0 Å². The van der Waals surface area contributed by atoms with Gasteiger partial charge in [-0.2, -0.15) is 0 Å². The molecule has 0 radical (unpaired) electrons. The van der Waals surface area contributed by atoms with Crippen LogP contribution in [0.4, 0.5) is 5.13 Å². The van der Waals surface area contributed by atoms with Crippen LogP contribution in [-0.4, -0.2) is 69.3 Å². The lowest BCUT2D eigenvalue weighted by Gasteiger charge is -2.34. The highest BCUT2D eigenvalue weighted by molar-refractivity contribution is 14.1. The minimum absolute atomic E-state index is 0. The zero-order valence-electron chi connectivity index (χ0n) is 18.0. The molecule has 0 unspecified atom stereocenters. The van der Waals surface area contributed by atoms with Gasteiger partial charge in [0, 0.05) is 42.8 Å². The summed E-state index contributed by atoms with van der Waals surface area (Å²) in [4.78, 5) is 21.9. The number of amides is 1. The van der Waals surface area contributed by atoms with E-state index in [1.165, 1.54) is 0 Å². The highest BCUT2D eigenvalue weighted by Gasteiger charge is 2.22. The summed E-state index contributed by atoms with van der Waals surface area (Å²) in [5, 5.41) is 4.04. The van der Waals surface area contributed by atoms with Gasteiger partial charge in [0.25, 0.3) is 5.91 Å². The van der Waals surface area contributed by atoms with E-state index in [1.807, 2.05) is 36.4 Å². The lowest BCUT2D eigenvalue weighted by Crippen LogP contribution is -2.48. The third-order valence-electron chi connectivity index (χ3n) is 5.37. The summed E-state index contributed by atoms with van der Waals surface area (Å²) in [7, 11) is 3.28. The van der Waals surface area contributed by atoms with Gasteiger partial charge in [0.1, 0.15) is 5.52 Å². The molecule has 1 aliphatic rings. The fourth-order valence-corrected chi connectivity index (χ4v) is 5.31. The number of anilines is 1. The zero-order valence-corrected chi connectivity index (χ0v) is 21.8. The van der Waals surface area contributed by atoms with Crippen LogP contribution < -0.4 is 19.7 Å². The van der Waals surface area contributed by atoms with Gasteiger partial charge in [0.05, 0.1) is 24.5 Å². The number of methoxy groups -OCH3 is 2. The number of fused-ring (bicyclic) bond motifs is 1. The van der Waals surface area contributed by atoms with Gasteiger partial charge in [-0.15, -0.1) is 12.4 Å². The Balaban J connectivity index is 0.00000289. The molecule has 0 spiro atoms. The molecule has 1 N–H and O–H groups in total. The minimum Gasteiger partial charge on any atom is -0.493 e. The Bertz CT molecular complexity index is 1070. The summed E-state index contributed by atoms with van der Waals surface area (Å²) in [6.45, 7) is 5.17. The lowest BCUT2D eigenvalue weighted by molar-refractivity contribution is 0.0947. The third kappa shape index (κ3) is 5.38. The molecule has 2 aromatic carbocycles. The van der Waals surface area contributed by atoms with E-state index in [0.717, 1.165) is 57.2 Å². The number of hydrogen-bond donors (Lipinski definition) is 1. The number of carbonyl (C=O) groups excluding carboxylic acids is 1. The van der Waals surface area contributed by atoms with Crippen molar-refractivity contribution in [3.63, 3.8) is 0 Å². The van der Waals surface area contributed by atoms with Crippen LogP contribution in [0.1, 0.15) is 10.4 Å². The first-order valence-electron chi connectivity index (χ1n) is 10.1. The molecule has 1 fully saturated rings. The van der Waals surface area contributed by atoms with Crippen LogP contribution in [0.2, 0.25) is 0 Å². The number of aromatic nitrogens is 1. The summed E-state index contributed by atoms with van der Waals surface area (Å²) in [5.41, 5.74) is 1.58. The fraction of sp³-hybridized carbons (Fsp3) is 0.364. The van der Waals surface area contributed by atoms with Crippen molar-refractivity contribution < 1.29 is 14.3 Å². The Hall–Kier alpha value is -1.82. The number of nitrogens with one attached hydrogen (secondary N) is 1. The second-order valence-electron chi connectivity index (χ2n) is 7.21. The van der Waals surface area contributed by atoms with Crippen LogP contribution in [0.25, 0.3) is 10.2 Å². The number of benzene rings is 2. The number of hydrogen-bond acceptors (Lipinski definition) is 7. The maximum absolute atomic E-state index is 12.4. The summed E-state index contributed by atoms with van der Waals surface area (Å²) < 4.78 is 13.0. The van der Waals surface area contributed by atoms with E-state index in [1.54, 1.807) is 25.6 Å². The fourth-order valence-electron chi connectivity index (χ4n) is 3.66. The van der Waals surface area contributed by atoms with Crippen molar-refractivity contribution in [2.45, 2.75) is 0 Å². The van der Waals surface area contributed by atoms with Crippen LogP contribution in [0.3, 0.4) is 0 Å². The smallest absolute Gasteiger partial charge is 0.252 e. The van der Waals surface area contributed by atoms with Crippen molar-refractivity contribution in [1.82, 2.24) is 15.2 Å². The van der Waals surface area contributed by atoms with Crippen molar-refractivity contribution in [1.29, 1.82) is 0 Å². The van der Waals surface area contributed by atoms with Gasteiger partial charge in [-0.25, -0.2) is 4.98 Å². The number of thiazole rings is 1. The average Bonchev–Trinajstić information content (AvgIpc) is 3.23. The average molecular weight is 589 g/mol. The summed E-state index contributed by atoms with van der Waals surface area (Å²) in [6, 6.07) is 11.6. The molecule has 0 bridgehead atoms. The van der Waals surface area contributed by atoms with Crippen LogP contribution in [0, 0.1) is 3.57 Å². The Labute approximate surface area is 211 Å². The topological polar surface area (TPSA) is 66.9 Å². The molecule has 0 saturated carbocycles. The molecule has 32 heavy (non-hydrogen) atoms. The van der Waals surface area contributed by atoms with Crippen molar-refractivity contribution in [3.05, 3.63) is 45.5 Å². The standard InChI is InChI=1S/C22H25IN4O3S.ClH/c1-29-17-7-8-18-19(20(17)30-2)25-22(31-18)27-13-11-26(12-14-27)10-9-24-21(28)15-5-3-4-6-16(15)23;/h3-8H,9-14H2,1-2H3,(H,24,28);1H. The number of ether oxygens (including phenoxy) is 2. The molecule has 10 heteroatoms. The number of carbonyl (C=O) groups is 1. The molecule has 172 valence electrons. The van der Waals surface area contributed by atoms with Gasteiger partial charge < -0.3 is 19.7 Å². The molecule has 7 nitrogen and oxygen atoms in total. The molecule has 1 aromatic heterocycles. The van der Waals surface area contributed by atoms with Gasteiger partial charge in [-0.3, -0.25) is 9.69 Å². The molecule has 1 aliphatic heterocycles. The Morgan fingerprint density at radius 3 is 2.56 bits per heavy atom. The first-order valence-corrected chi connectivity index (χ1v) is 12.0. The maximum atomic E-state index is 12.4. The Kier molecular flexibility index (Phi) is 8.80. The number of piperazine rings is 1. The number of rotatable bonds is 7. The second-order valence-corrected chi connectivity index (χ2v) is 9.38. The lowest BCUT2D eigenvalue weighted by atomic mass is 10.2. The van der Waals surface area contributed by atoms with Crippen LogP contribution >= 0.6 is 46.3 Å². The molecule has 0 atom stereocenters. The molecule has 2 heterocycles. The van der Waals surface area contributed by atoms with Gasteiger partial charge in [0.15, 0.2) is 16.6 Å². The molecular weight excluding hydrogens is 563 g/mol. The molecule has 0 aliphatic carbocycles. The number of nitrogens with zero attached hydrogens (tertiary/aromatic N) is 3. The van der Waals surface area contributed by atoms with E-state index >= 15 is 0 Å². The van der Waals surface area contributed by atoms with Crippen LogP contribution in [0.5, 0.6) is 11.5 Å². The predicted octanol–water partition coefficient (Wildman–Crippen LogP) is 3.89. The molecule has 1 amide bonds. The monoisotopic (exact) mass is 588 g/mol. The highest BCUT2D eigenvalue weighted by atomic mass is 127. The summed E-state index contributed by atoms with van der Waals surface area (Å²) in [6.07, 6.45) is 0. The van der Waals surface area contributed by atoms with E-state index in [4.69, 9.17) is 14.5 Å². The largest absolute Gasteiger partial charge is 0.493 e. The predicted molar refractivity (Wildman–Crippen MR) is 140 cm³/mol. The van der Waals surface area contributed by atoms with Gasteiger partial charge in [-0.1, -0.05) is 23.5 Å². The maximum Gasteiger partial charge on any atom is 0.252 e. The van der Waals surface area contributed by atoms with E-state index in [9.17, 15) is 4.79 Å².